The lowest BCUT2D eigenvalue weighted by Gasteiger charge is -2.22. The highest BCUT2D eigenvalue weighted by Gasteiger charge is 2.10. The molecule has 0 saturated carbocycles. The van der Waals surface area contributed by atoms with Crippen LogP contribution in [0.15, 0.2) is 46.8 Å². The van der Waals surface area contributed by atoms with E-state index in [0.29, 0.717) is 31.4 Å². The largest absolute Gasteiger partial charge is 0.492 e. The smallest absolute Gasteiger partial charge is 0.243 e. The number of amides is 1. The molecule has 0 aliphatic rings. The van der Waals surface area contributed by atoms with Gasteiger partial charge in [-0.3, -0.25) is 4.79 Å². The van der Waals surface area contributed by atoms with Crippen molar-refractivity contribution in [1.29, 1.82) is 0 Å². The Morgan fingerprint density at radius 1 is 1.21 bits per heavy atom. The molecule has 0 aliphatic heterocycles. The molecule has 9 heteroatoms. The molecule has 1 aromatic heterocycles. The monoisotopic (exact) mass is 520 g/mol. The molecule has 0 radical (unpaired) electrons. The third-order valence-electron chi connectivity index (χ3n) is 3.73. The van der Waals surface area contributed by atoms with Gasteiger partial charge in [-0.1, -0.05) is 6.07 Å². The molecule has 154 valence electrons. The van der Waals surface area contributed by atoms with Crippen molar-refractivity contribution in [1.82, 2.24) is 15.1 Å². The number of nitrogens with zero attached hydrogens (tertiary/aromatic N) is 3. The maximum atomic E-state index is 12.9. The van der Waals surface area contributed by atoms with Crippen LogP contribution in [0.3, 0.4) is 0 Å². The quantitative estimate of drug-likeness (QED) is 0.331. The van der Waals surface area contributed by atoms with E-state index in [1.165, 1.54) is 21.9 Å². The minimum atomic E-state index is -0.294. The number of carbonyl (C=O) groups excluding carboxylic acids is 1. The van der Waals surface area contributed by atoms with E-state index in [-0.39, 0.29) is 42.2 Å². The Labute approximate surface area is 186 Å². The van der Waals surface area contributed by atoms with E-state index in [9.17, 15) is 9.18 Å². The first-order chi connectivity index (χ1) is 13.0. The Bertz CT molecular complexity index is 739. The molecular formula is C19H26FIN4O2S. The van der Waals surface area contributed by atoms with E-state index in [1.54, 1.807) is 37.6 Å². The lowest BCUT2D eigenvalue weighted by molar-refractivity contribution is -0.127. The molecule has 1 N–H and O–H groups in total. The SMILES string of the molecule is CN(C)C(=O)CN=C(NCc1cccs1)N(C)CCOc1ccc(F)cc1.I. The van der Waals surface area contributed by atoms with E-state index in [2.05, 4.69) is 10.3 Å². The van der Waals surface area contributed by atoms with Crippen molar-refractivity contribution in [2.45, 2.75) is 6.54 Å². The Hall–Kier alpha value is -1.88. The summed E-state index contributed by atoms with van der Waals surface area (Å²) in [6.07, 6.45) is 0. The molecule has 2 rings (SSSR count). The van der Waals surface area contributed by atoms with Crippen molar-refractivity contribution in [2.75, 3.05) is 40.8 Å². The Kier molecular flexibility index (Phi) is 10.8. The molecule has 1 aromatic carbocycles. The molecule has 28 heavy (non-hydrogen) atoms. The van der Waals surface area contributed by atoms with Crippen LogP contribution in [-0.2, 0) is 11.3 Å². The summed E-state index contributed by atoms with van der Waals surface area (Å²) in [6, 6.07) is 9.94. The predicted octanol–water partition coefficient (Wildman–Crippen LogP) is 3.05. The second-order valence-electron chi connectivity index (χ2n) is 6.08. The van der Waals surface area contributed by atoms with Gasteiger partial charge in [0.05, 0.1) is 13.1 Å². The fraction of sp³-hybridized carbons (Fsp3) is 0.368. The number of ether oxygens (including phenoxy) is 1. The summed E-state index contributed by atoms with van der Waals surface area (Å²) in [5, 5.41) is 5.30. The minimum absolute atomic E-state index is 0. The highest BCUT2D eigenvalue weighted by atomic mass is 127. The number of guanidine groups is 1. The van der Waals surface area contributed by atoms with E-state index < -0.39 is 0 Å². The molecule has 0 atom stereocenters. The van der Waals surface area contributed by atoms with Gasteiger partial charge in [0.2, 0.25) is 5.91 Å². The number of rotatable bonds is 8. The molecular weight excluding hydrogens is 494 g/mol. The van der Waals surface area contributed by atoms with Crippen LogP contribution in [-0.4, -0.2) is 62.5 Å². The van der Waals surface area contributed by atoms with Crippen LogP contribution in [0, 0.1) is 5.82 Å². The number of likely N-dealkylation sites (N-methyl/N-ethyl adjacent to an activating group) is 2. The number of carbonyl (C=O) groups is 1. The zero-order valence-electron chi connectivity index (χ0n) is 16.2. The van der Waals surface area contributed by atoms with Crippen LogP contribution in [0.5, 0.6) is 5.75 Å². The molecule has 0 saturated heterocycles. The fourth-order valence-corrected chi connectivity index (χ4v) is 2.76. The first-order valence-corrected chi connectivity index (χ1v) is 9.44. The third-order valence-corrected chi connectivity index (χ3v) is 4.61. The molecule has 0 bridgehead atoms. The number of halogens is 2. The van der Waals surface area contributed by atoms with Crippen LogP contribution in [0.2, 0.25) is 0 Å². The van der Waals surface area contributed by atoms with E-state index >= 15 is 0 Å². The Morgan fingerprint density at radius 2 is 1.93 bits per heavy atom. The van der Waals surface area contributed by atoms with Crippen LogP contribution < -0.4 is 10.1 Å². The maximum absolute atomic E-state index is 12.9. The van der Waals surface area contributed by atoms with Crippen LogP contribution in [0.25, 0.3) is 0 Å². The number of nitrogens with one attached hydrogen (secondary N) is 1. The lowest BCUT2D eigenvalue weighted by atomic mass is 10.3. The van der Waals surface area contributed by atoms with Gasteiger partial charge in [0, 0.05) is 26.0 Å². The number of benzene rings is 1. The first kappa shape index (κ1) is 24.2. The lowest BCUT2D eigenvalue weighted by Crippen LogP contribution is -2.41. The molecule has 2 aromatic rings. The van der Waals surface area contributed by atoms with Crippen LogP contribution in [0.4, 0.5) is 4.39 Å². The number of hydrogen-bond donors (Lipinski definition) is 1. The molecule has 1 heterocycles. The average molecular weight is 520 g/mol. The molecule has 0 fully saturated rings. The van der Waals surface area contributed by atoms with Crippen molar-refractivity contribution in [2.24, 2.45) is 4.99 Å². The second kappa shape index (κ2) is 12.6. The second-order valence-corrected chi connectivity index (χ2v) is 7.12. The van der Waals surface area contributed by atoms with Gasteiger partial charge >= 0.3 is 0 Å². The molecule has 6 nitrogen and oxygen atoms in total. The Balaban J connectivity index is 0.00000392. The summed E-state index contributed by atoms with van der Waals surface area (Å²) in [5.41, 5.74) is 0. The normalized spacial score (nSPS) is 10.8. The van der Waals surface area contributed by atoms with Gasteiger partial charge in [-0.2, -0.15) is 0 Å². The van der Waals surface area contributed by atoms with Gasteiger partial charge in [-0.25, -0.2) is 9.38 Å². The fourth-order valence-electron chi connectivity index (χ4n) is 2.11. The predicted molar refractivity (Wildman–Crippen MR) is 122 cm³/mol. The highest BCUT2D eigenvalue weighted by Crippen LogP contribution is 2.11. The number of thiophene rings is 1. The molecule has 1 amide bonds. The first-order valence-electron chi connectivity index (χ1n) is 8.56. The topological polar surface area (TPSA) is 57.2 Å². The van der Waals surface area contributed by atoms with Gasteiger partial charge in [-0.15, -0.1) is 35.3 Å². The third kappa shape index (κ3) is 8.42. The zero-order chi connectivity index (χ0) is 19.6. The van der Waals surface area contributed by atoms with Gasteiger partial charge in [0.15, 0.2) is 5.96 Å². The number of aliphatic imine (C=N–C) groups is 1. The van der Waals surface area contributed by atoms with Crippen LogP contribution in [0.1, 0.15) is 4.88 Å². The van der Waals surface area contributed by atoms with Crippen LogP contribution >= 0.6 is 35.3 Å². The summed E-state index contributed by atoms with van der Waals surface area (Å²) in [4.78, 5) is 20.9. The van der Waals surface area contributed by atoms with Gasteiger partial charge in [-0.05, 0) is 35.7 Å². The minimum Gasteiger partial charge on any atom is -0.492 e. The van der Waals surface area contributed by atoms with Crippen molar-refractivity contribution in [3.8, 4) is 5.75 Å². The summed E-state index contributed by atoms with van der Waals surface area (Å²) >= 11 is 1.66. The zero-order valence-corrected chi connectivity index (χ0v) is 19.4. The molecule has 0 spiro atoms. The summed E-state index contributed by atoms with van der Waals surface area (Å²) in [5.74, 6) is 0.873. The summed E-state index contributed by atoms with van der Waals surface area (Å²) < 4.78 is 18.6. The maximum Gasteiger partial charge on any atom is 0.243 e. The van der Waals surface area contributed by atoms with E-state index in [4.69, 9.17) is 4.74 Å². The highest BCUT2D eigenvalue weighted by molar-refractivity contribution is 14.0. The van der Waals surface area contributed by atoms with Crippen molar-refractivity contribution in [3.63, 3.8) is 0 Å². The standard InChI is InChI=1S/C19H25FN4O2S.HI/c1-23(2)18(25)14-22-19(21-13-17-5-4-12-27-17)24(3)10-11-26-16-8-6-15(20)7-9-16;/h4-9,12H,10-11,13-14H2,1-3H3,(H,21,22);1H. The van der Waals surface area contributed by atoms with Gasteiger partial charge in [0.1, 0.15) is 24.7 Å². The van der Waals surface area contributed by atoms with E-state index in [0.717, 1.165) is 0 Å². The summed E-state index contributed by atoms with van der Waals surface area (Å²) in [7, 11) is 5.29. The van der Waals surface area contributed by atoms with E-state index in [1.807, 2.05) is 29.5 Å². The van der Waals surface area contributed by atoms with Gasteiger partial charge < -0.3 is 19.9 Å². The number of hydrogen-bond acceptors (Lipinski definition) is 4. The molecule has 0 unspecified atom stereocenters. The van der Waals surface area contributed by atoms with Crippen molar-refractivity contribution in [3.05, 3.63) is 52.5 Å². The Morgan fingerprint density at radius 3 is 2.54 bits per heavy atom. The van der Waals surface area contributed by atoms with Crippen molar-refractivity contribution >= 4 is 47.2 Å². The van der Waals surface area contributed by atoms with Crippen molar-refractivity contribution < 1.29 is 13.9 Å². The molecule has 0 aliphatic carbocycles. The average Bonchev–Trinajstić information content (AvgIpc) is 3.16. The van der Waals surface area contributed by atoms with Gasteiger partial charge in [0.25, 0.3) is 0 Å². The summed E-state index contributed by atoms with van der Waals surface area (Å²) in [6.45, 7) is 1.67.